The Morgan fingerprint density at radius 2 is 2.29 bits per heavy atom. The minimum Gasteiger partial charge on any atom is -0.394 e. The van der Waals surface area contributed by atoms with Crippen LogP contribution in [0.25, 0.3) is 10.9 Å². The third-order valence-electron chi connectivity index (χ3n) is 3.39. The fourth-order valence-corrected chi connectivity index (χ4v) is 2.15. The van der Waals surface area contributed by atoms with Crippen LogP contribution in [0.5, 0.6) is 0 Å². The summed E-state index contributed by atoms with van der Waals surface area (Å²) >= 11 is 0. The topological polar surface area (TPSA) is 108 Å². The van der Waals surface area contributed by atoms with Gasteiger partial charge in [0, 0.05) is 29.2 Å². The maximum Gasteiger partial charge on any atom is 0.270 e. The predicted molar refractivity (Wildman–Crippen MR) is 78.0 cm³/mol. The lowest BCUT2D eigenvalue weighted by molar-refractivity contribution is -0.384. The number of aromatic nitrogens is 1. The van der Waals surface area contributed by atoms with Crippen LogP contribution in [0.3, 0.4) is 0 Å². The first-order chi connectivity index (χ1) is 10.0. The third-order valence-corrected chi connectivity index (χ3v) is 3.39. The van der Waals surface area contributed by atoms with Gasteiger partial charge >= 0.3 is 0 Å². The molecule has 2 rings (SSSR count). The summed E-state index contributed by atoms with van der Waals surface area (Å²) in [7, 11) is 0. The summed E-state index contributed by atoms with van der Waals surface area (Å²) in [5, 5.41) is 23.3. The number of amides is 1. The zero-order chi connectivity index (χ0) is 15.4. The molecule has 1 atom stereocenters. The number of rotatable bonds is 6. The Balaban J connectivity index is 2.20. The number of non-ortho nitro benzene ring substituents is 1. The first kappa shape index (κ1) is 15.0. The highest BCUT2D eigenvalue weighted by molar-refractivity contribution is 5.90. The molecule has 7 nitrogen and oxygen atoms in total. The van der Waals surface area contributed by atoms with E-state index in [1.54, 1.807) is 12.3 Å². The molecule has 0 aliphatic heterocycles. The quantitative estimate of drug-likeness (QED) is 0.553. The lowest BCUT2D eigenvalue weighted by Crippen LogP contribution is -2.37. The number of nitro groups is 1. The van der Waals surface area contributed by atoms with Gasteiger partial charge in [-0.1, -0.05) is 6.92 Å². The molecule has 0 saturated heterocycles. The molecule has 0 aliphatic carbocycles. The molecule has 0 fully saturated rings. The van der Waals surface area contributed by atoms with E-state index in [-0.39, 0.29) is 30.7 Å². The van der Waals surface area contributed by atoms with Gasteiger partial charge in [-0.15, -0.1) is 0 Å². The molecule has 0 saturated carbocycles. The SMILES string of the molecule is CCC(CO)NC(=O)Cc1c[nH]c2ccc([N+](=O)[O-])cc12. The van der Waals surface area contributed by atoms with E-state index in [9.17, 15) is 14.9 Å². The van der Waals surface area contributed by atoms with Crippen molar-refractivity contribution in [3.05, 3.63) is 40.1 Å². The van der Waals surface area contributed by atoms with Crippen LogP contribution in [0.15, 0.2) is 24.4 Å². The van der Waals surface area contributed by atoms with Crippen molar-refractivity contribution in [2.45, 2.75) is 25.8 Å². The minimum absolute atomic E-state index is 0.00875. The van der Waals surface area contributed by atoms with Crippen LogP contribution in [0.2, 0.25) is 0 Å². The third kappa shape index (κ3) is 3.38. The second-order valence-corrected chi connectivity index (χ2v) is 4.83. The van der Waals surface area contributed by atoms with Crippen molar-refractivity contribution in [3.8, 4) is 0 Å². The maximum absolute atomic E-state index is 11.9. The number of nitrogens with one attached hydrogen (secondary N) is 2. The molecular formula is C14H17N3O4. The Bertz CT molecular complexity index is 661. The van der Waals surface area contributed by atoms with E-state index < -0.39 is 4.92 Å². The second-order valence-electron chi connectivity index (χ2n) is 4.83. The smallest absolute Gasteiger partial charge is 0.270 e. The van der Waals surface area contributed by atoms with Gasteiger partial charge in [0.05, 0.1) is 24.0 Å². The largest absolute Gasteiger partial charge is 0.394 e. The van der Waals surface area contributed by atoms with Crippen LogP contribution >= 0.6 is 0 Å². The Morgan fingerprint density at radius 3 is 2.90 bits per heavy atom. The van der Waals surface area contributed by atoms with Crippen molar-refractivity contribution in [2.75, 3.05) is 6.61 Å². The number of fused-ring (bicyclic) bond motifs is 1. The van der Waals surface area contributed by atoms with E-state index in [0.717, 1.165) is 5.52 Å². The normalized spacial score (nSPS) is 12.3. The van der Waals surface area contributed by atoms with Gasteiger partial charge in [-0.25, -0.2) is 0 Å². The first-order valence-electron chi connectivity index (χ1n) is 6.69. The van der Waals surface area contributed by atoms with Crippen LogP contribution in [0.1, 0.15) is 18.9 Å². The fourth-order valence-electron chi connectivity index (χ4n) is 2.15. The highest BCUT2D eigenvalue weighted by Crippen LogP contribution is 2.24. The van der Waals surface area contributed by atoms with E-state index in [1.807, 2.05) is 6.92 Å². The van der Waals surface area contributed by atoms with Gasteiger partial charge < -0.3 is 15.4 Å². The standard InChI is InChI=1S/C14H17N3O4/c1-2-10(8-18)16-14(19)5-9-7-15-13-4-3-11(17(20)21)6-12(9)13/h3-4,6-7,10,15,18H,2,5,8H2,1H3,(H,16,19). The van der Waals surface area contributed by atoms with Crippen LogP contribution in [-0.2, 0) is 11.2 Å². The molecular weight excluding hydrogens is 274 g/mol. The van der Waals surface area contributed by atoms with Crippen LogP contribution in [0, 0.1) is 10.1 Å². The number of aliphatic hydroxyl groups excluding tert-OH is 1. The molecule has 1 amide bonds. The van der Waals surface area contributed by atoms with Crippen LogP contribution < -0.4 is 5.32 Å². The van der Waals surface area contributed by atoms with Crippen molar-refractivity contribution in [1.29, 1.82) is 0 Å². The van der Waals surface area contributed by atoms with E-state index in [1.165, 1.54) is 12.1 Å². The zero-order valence-electron chi connectivity index (χ0n) is 11.6. The summed E-state index contributed by atoms with van der Waals surface area (Å²) in [5.74, 6) is -0.219. The number of H-pyrrole nitrogens is 1. The summed E-state index contributed by atoms with van der Waals surface area (Å²) in [4.78, 5) is 25.3. The van der Waals surface area contributed by atoms with E-state index in [0.29, 0.717) is 17.4 Å². The predicted octanol–water partition coefficient (Wildman–Crippen LogP) is 1.51. The molecule has 0 spiro atoms. The Kier molecular flexibility index (Phi) is 4.54. The lowest BCUT2D eigenvalue weighted by atomic mass is 10.1. The molecule has 3 N–H and O–H groups in total. The van der Waals surface area contributed by atoms with Gasteiger partial charge in [0.25, 0.3) is 5.69 Å². The number of hydrogen-bond donors (Lipinski definition) is 3. The molecule has 1 aromatic heterocycles. The average molecular weight is 291 g/mol. The van der Waals surface area contributed by atoms with Crippen LogP contribution in [-0.4, -0.2) is 33.6 Å². The first-order valence-corrected chi connectivity index (χ1v) is 6.69. The number of carbonyl (C=O) groups excluding carboxylic acids is 1. The average Bonchev–Trinajstić information content (AvgIpc) is 2.87. The maximum atomic E-state index is 11.9. The second kappa shape index (κ2) is 6.36. The summed E-state index contributed by atoms with van der Waals surface area (Å²) in [6.07, 6.45) is 2.42. The van der Waals surface area contributed by atoms with Crippen molar-refractivity contribution in [2.24, 2.45) is 0 Å². The van der Waals surface area contributed by atoms with Crippen LogP contribution in [0.4, 0.5) is 5.69 Å². The Morgan fingerprint density at radius 1 is 1.52 bits per heavy atom. The molecule has 7 heteroatoms. The molecule has 0 aliphatic rings. The van der Waals surface area contributed by atoms with E-state index in [4.69, 9.17) is 5.11 Å². The Hall–Kier alpha value is -2.41. The number of nitrogens with zero attached hydrogens (tertiary/aromatic N) is 1. The number of hydrogen-bond acceptors (Lipinski definition) is 4. The van der Waals surface area contributed by atoms with Gasteiger partial charge in [-0.3, -0.25) is 14.9 Å². The molecule has 1 unspecified atom stereocenters. The summed E-state index contributed by atoms with van der Waals surface area (Å²) in [6.45, 7) is 1.76. The summed E-state index contributed by atoms with van der Waals surface area (Å²) in [6, 6.07) is 4.23. The molecule has 0 radical (unpaired) electrons. The summed E-state index contributed by atoms with van der Waals surface area (Å²) < 4.78 is 0. The van der Waals surface area contributed by atoms with Crippen molar-refractivity contribution < 1.29 is 14.8 Å². The number of aromatic amines is 1. The van der Waals surface area contributed by atoms with Crippen molar-refractivity contribution >= 4 is 22.5 Å². The molecule has 1 aromatic carbocycles. The van der Waals surface area contributed by atoms with Gasteiger partial charge in [0.2, 0.25) is 5.91 Å². The van der Waals surface area contributed by atoms with Gasteiger partial charge in [0.15, 0.2) is 0 Å². The lowest BCUT2D eigenvalue weighted by Gasteiger charge is -2.13. The molecule has 112 valence electrons. The van der Waals surface area contributed by atoms with E-state index in [2.05, 4.69) is 10.3 Å². The monoisotopic (exact) mass is 291 g/mol. The summed E-state index contributed by atoms with van der Waals surface area (Å²) in [5.41, 5.74) is 1.43. The number of nitro benzene ring substituents is 1. The van der Waals surface area contributed by atoms with Crippen molar-refractivity contribution in [3.63, 3.8) is 0 Å². The van der Waals surface area contributed by atoms with Gasteiger partial charge in [-0.2, -0.15) is 0 Å². The molecule has 2 aromatic rings. The minimum atomic E-state index is -0.463. The van der Waals surface area contributed by atoms with Crippen molar-refractivity contribution in [1.82, 2.24) is 10.3 Å². The molecule has 1 heterocycles. The highest BCUT2D eigenvalue weighted by Gasteiger charge is 2.14. The Labute approximate surface area is 121 Å². The van der Waals surface area contributed by atoms with Gasteiger partial charge in [0.1, 0.15) is 0 Å². The zero-order valence-corrected chi connectivity index (χ0v) is 11.6. The fraction of sp³-hybridized carbons (Fsp3) is 0.357. The highest BCUT2D eigenvalue weighted by atomic mass is 16.6. The number of benzene rings is 1. The van der Waals surface area contributed by atoms with Gasteiger partial charge in [-0.05, 0) is 18.1 Å². The van der Waals surface area contributed by atoms with E-state index >= 15 is 0 Å². The number of carbonyl (C=O) groups is 1. The number of aliphatic hydroxyl groups is 1. The molecule has 0 bridgehead atoms. The molecule has 21 heavy (non-hydrogen) atoms.